The molecule has 0 radical (unpaired) electrons. The Hall–Kier alpha value is -1.42. The number of hydrogen-bond acceptors (Lipinski definition) is 3. The van der Waals surface area contributed by atoms with Gasteiger partial charge in [-0.25, -0.2) is 0 Å². The number of ketones is 1. The van der Waals surface area contributed by atoms with Gasteiger partial charge in [-0.15, -0.1) is 0 Å². The largest absolute Gasteiger partial charge is 2.00 e. The van der Waals surface area contributed by atoms with Crippen LogP contribution in [-0.4, -0.2) is 30.0 Å². The first-order chi connectivity index (χ1) is 19.8. The van der Waals surface area contributed by atoms with Crippen LogP contribution in [0.2, 0.25) is 0 Å². The predicted molar refractivity (Wildman–Crippen MR) is 169 cm³/mol. The Labute approximate surface area is 269 Å². The number of Topliss-reactive ketones (excluding diaryl/α,β-unsaturated/α-hetero) is 1. The van der Waals surface area contributed by atoms with Gasteiger partial charge in [-0.3, -0.25) is 4.79 Å². The Kier molecular flexibility index (Phi) is 10.9. The number of aromatic nitrogens is 2. The second kappa shape index (κ2) is 13.7. The van der Waals surface area contributed by atoms with Crippen LogP contribution in [0.25, 0.3) is 0 Å². The monoisotopic (exact) mass is 753 g/mol. The van der Waals surface area contributed by atoms with Crippen molar-refractivity contribution in [3.05, 3.63) is 56.2 Å². The van der Waals surface area contributed by atoms with Gasteiger partial charge in [0, 0.05) is 23.5 Å². The van der Waals surface area contributed by atoms with Crippen molar-refractivity contribution in [1.29, 1.82) is 0 Å². The van der Waals surface area contributed by atoms with E-state index in [1.807, 2.05) is 0 Å². The first-order valence-corrected chi connectivity index (χ1v) is 16.9. The molecule has 5 nitrogen and oxygen atoms in total. The van der Waals surface area contributed by atoms with Gasteiger partial charge >= 0.3 is 21.1 Å². The minimum absolute atomic E-state index is 0. The van der Waals surface area contributed by atoms with Crippen molar-refractivity contribution in [3.8, 4) is 0 Å². The van der Waals surface area contributed by atoms with E-state index in [4.69, 9.17) is 9.97 Å². The van der Waals surface area contributed by atoms with E-state index in [1.165, 1.54) is 39.3 Å². The van der Waals surface area contributed by atoms with Crippen molar-refractivity contribution in [2.45, 2.75) is 157 Å². The van der Waals surface area contributed by atoms with Crippen molar-refractivity contribution in [2.24, 2.45) is 5.41 Å². The van der Waals surface area contributed by atoms with Gasteiger partial charge < -0.3 is 20.6 Å². The summed E-state index contributed by atoms with van der Waals surface area (Å²) in [6.45, 7) is 18.2. The molecule has 0 amide bonds. The average molecular weight is 754 g/mol. The van der Waals surface area contributed by atoms with Gasteiger partial charge in [0.2, 0.25) is 0 Å². The number of hydrogen-bond donors (Lipinski definition) is 2. The normalized spacial score (nSPS) is 25.3. The molecule has 5 heterocycles. The summed E-state index contributed by atoms with van der Waals surface area (Å²) in [7, 11) is 0. The number of fused-ring (bicyclic) bond motifs is 8. The van der Waals surface area contributed by atoms with Crippen LogP contribution in [0.4, 0.5) is 0 Å². The molecule has 0 aromatic carbocycles. The molecule has 0 aliphatic carbocycles. The molecule has 1 saturated heterocycles. The molecular weight excluding hydrogens is 700 g/mol. The van der Waals surface area contributed by atoms with E-state index in [2.05, 4.69) is 66.0 Å². The Bertz CT molecular complexity index is 1300. The molecule has 0 spiro atoms. The fourth-order valence-electron chi connectivity index (χ4n) is 9.11. The Morgan fingerprint density at radius 2 is 0.952 bits per heavy atom. The first kappa shape index (κ1) is 33.5. The number of carbonyl (C=O) groups is 1. The van der Waals surface area contributed by atoms with E-state index in [0.717, 1.165) is 76.3 Å². The Morgan fingerprint density at radius 3 is 1.31 bits per heavy atom. The molecular formula is C36H54N4OPt. The molecule has 3 aliphatic rings. The number of nitrogens with zero attached hydrogens (tertiary/aromatic N) is 2. The third-order valence-electron chi connectivity index (χ3n) is 11.2. The van der Waals surface area contributed by atoms with E-state index in [9.17, 15) is 4.79 Å². The van der Waals surface area contributed by atoms with Crippen molar-refractivity contribution in [1.82, 2.24) is 20.6 Å². The second-order valence-corrected chi connectivity index (χ2v) is 12.7. The van der Waals surface area contributed by atoms with E-state index < -0.39 is 0 Å². The van der Waals surface area contributed by atoms with E-state index in [1.54, 1.807) is 11.1 Å². The fourth-order valence-corrected chi connectivity index (χ4v) is 9.11. The third kappa shape index (κ3) is 5.39. The third-order valence-corrected chi connectivity index (χ3v) is 11.2. The Morgan fingerprint density at radius 1 is 0.571 bits per heavy atom. The van der Waals surface area contributed by atoms with Crippen LogP contribution in [0.5, 0.6) is 0 Å². The molecule has 234 valence electrons. The molecule has 2 aromatic rings. The molecule has 1 fully saturated rings. The van der Waals surface area contributed by atoms with Gasteiger partial charge in [-0.2, -0.15) is 22.8 Å². The molecule has 2 aromatic heterocycles. The summed E-state index contributed by atoms with van der Waals surface area (Å²) in [5, 5.41) is 8.00. The SMILES string of the molecule is CCC1=C(CC)C2Cc3[n-]c(c(CC)c3CC)CC3NC(Cc4[n-]c(c(CC)c4CC)CC1N2)C(=O)C3(CC)CC.[Pt+2]. The molecule has 6 heteroatoms. The maximum Gasteiger partial charge on any atom is 2.00 e. The van der Waals surface area contributed by atoms with Gasteiger partial charge in [0.25, 0.3) is 0 Å². The molecule has 42 heavy (non-hydrogen) atoms. The standard InChI is InChI=1S/C36H54N4O.Pt/c1-9-21-22(10-2)28-18-30-25(13-5)26(14-6)32(39-30)20-34-36(15-7,16-8)35(41)33(40-34)19-31-24(12-4)23(11-3)29(38-31)17-27(21)37-28;/h27-28,33-34,37,40H,9-20H2,1-8H3;/q-2;+2. The van der Waals surface area contributed by atoms with E-state index >= 15 is 0 Å². The maximum atomic E-state index is 14.3. The molecule has 0 saturated carbocycles. The minimum Gasteiger partial charge on any atom is -0.664 e. The van der Waals surface area contributed by atoms with Crippen LogP contribution >= 0.6 is 0 Å². The van der Waals surface area contributed by atoms with Crippen LogP contribution in [0.1, 0.15) is 126 Å². The summed E-state index contributed by atoms with van der Waals surface area (Å²) in [6, 6.07) is 0.580. The topological polar surface area (TPSA) is 69.3 Å². The number of rotatable bonds is 8. The van der Waals surface area contributed by atoms with Gasteiger partial charge in [0.15, 0.2) is 5.78 Å². The van der Waals surface area contributed by atoms with E-state index in [-0.39, 0.29) is 38.6 Å². The predicted octanol–water partition coefficient (Wildman–Crippen LogP) is 5.90. The molecule has 2 N–H and O–H groups in total. The van der Waals surface area contributed by atoms with Crippen LogP contribution in [0.3, 0.4) is 0 Å². The number of carbonyl (C=O) groups excluding carboxylic acids is 1. The Balaban J connectivity index is 0.00000405. The van der Waals surface area contributed by atoms with Crippen LogP contribution in [-0.2, 0) is 77.2 Å². The molecule has 3 aliphatic heterocycles. The van der Waals surface area contributed by atoms with Crippen LogP contribution in [0.15, 0.2) is 11.1 Å². The quantitative estimate of drug-likeness (QED) is 0.329. The van der Waals surface area contributed by atoms with Crippen molar-refractivity contribution in [3.63, 3.8) is 0 Å². The van der Waals surface area contributed by atoms with Crippen molar-refractivity contribution < 1.29 is 25.9 Å². The zero-order valence-corrected chi connectivity index (χ0v) is 29.7. The van der Waals surface area contributed by atoms with Gasteiger partial charge in [-0.1, -0.05) is 88.8 Å². The summed E-state index contributed by atoms with van der Waals surface area (Å²) in [5.41, 5.74) is 13.4. The zero-order chi connectivity index (χ0) is 29.5. The maximum absolute atomic E-state index is 14.3. The van der Waals surface area contributed by atoms with E-state index in [0.29, 0.717) is 24.3 Å². The fraction of sp³-hybridized carbons (Fsp3) is 0.694. The summed E-state index contributed by atoms with van der Waals surface area (Å²) in [5.74, 6) is 0.395. The van der Waals surface area contributed by atoms with Gasteiger partial charge in [0.1, 0.15) is 0 Å². The van der Waals surface area contributed by atoms with Crippen LogP contribution in [0, 0.1) is 5.41 Å². The molecule has 4 atom stereocenters. The van der Waals surface area contributed by atoms with Crippen molar-refractivity contribution >= 4 is 5.78 Å². The summed E-state index contributed by atoms with van der Waals surface area (Å²) in [6.07, 6.45) is 11.3. The molecule has 4 unspecified atom stereocenters. The van der Waals surface area contributed by atoms with Crippen LogP contribution < -0.4 is 20.6 Å². The molecule has 5 rings (SSSR count). The smallest absolute Gasteiger partial charge is 0.664 e. The van der Waals surface area contributed by atoms with Gasteiger partial charge in [-0.05, 0) is 77.0 Å². The summed E-state index contributed by atoms with van der Waals surface area (Å²) in [4.78, 5) is 25.1. The van der Waals surface area contributed by atoms with Gasteiger partial charge in [0.05, 0.1) is 6.04 Å². The summed E-state index contributed by atoms with van der Waals surface area (Å²) < 4.78 is 0. The number of nitrogens with one attached hydrogen (secondary N) is 2. The minimum atomic E-state index is -0.348. The summed E-state index contributed by atoms with van der Waals surface area (Å²) >= 11 is 0. The first-order valence-electron chi connectivity index (χ1n) is 16.9. The zero-order valence-electron chi connectivity index (χ0n) is 27.4. The second-order valence-electron chi connectivity index (χ2n) is 12.7. The molecule has 8 bridgehead atoms. The average Bonchev–Trinajstić information content (AvgIpc) is 3.67. The van der Waals surface area contributed by atoms with Crippen molar-refractivity contribution in [2.75, 3.05) is 0 Å².